The Hall–Kier alpha value is -3.69. The lowest BCUT2D eigenvalue weighted by atomic mass is 10.2. The Kier molecular flexibility index (Phi) is 4.90. The van der Waals surface area contributed by atoms with E-state index in [-0.39, 0.29) is 28.6 Å². The monoisotopic (exact) mass is 333 g/mol. The summed E-state index contributed by atoms with van der Waals surface area (Å²) in [6.07, 6.45) is -0.872. The number of methoxy groups -OCH3 is 1. The minimum absolute atomic E-state index is 0.0136. The summed E-state index contributed by atoms with van der Waals surface area (Å²) in [7, 11) is 1.12. The summed E-state index contributed by atoms with van der Waals surface area (Å²) < 4.78 is 9.89. The summed E-state index contributed by atoms with van der Waals surface area (Å²) in [6.45, 7) is 0. The van der Waals surface area contributed by atoms with Gasteiger partial charge in [0.05, 0.1) is 22.6 Å². The fourth-order valence-corrected chi connectivity index (χ4v) is 1.79. The molecule has 24 heavy (non-hydrogen) atoms. The summed E-state index contributed by atoms with van der Waals surface area (Å²) in [6, 6.07) is 9.03. The van der Waals surface area contributed by atoms with Crippen molar-refractivity contribution in [2.75, 3.05) is 12.4 Å². The van der Waals surface area contributed by atoms with Gasteiger partial charge >= 0.3 is 11.8 Å². The van der Waals surface area contributed by atoms with Crippen molar-refractivity contribution in [1.82, 2.24) is 0 Å². The molecule has 2 aromatic rings. The first-order valence-corrected chi connectivity index (χ1v) is 6.47. The number of carbonyl (C=O) groups excluding carboxylic acids is 1. The van der Waals surface area contributed by atoms with Crippen molar-refractivity contribution in [3.05, 3.63) is 62.7 Å². The first-order chi connectivity index (χ1) is 11.4. The number of benzene rings is 2. The normalized spacial score (nSPS) is 9.88. The zero-order valence-corrected chi connectivity index (χ0v) is 12.3. The number of carbonyl (C=O) groups is 1. The second-order valence-electron chi connectivity index (χ2n) is 4.38. The number of ether oxygens (including phenoxy) is 2. The van der Waals surface area contributed by atoms with Crippen LogP contribution in [0.5, 0.6) is 11.5 Å². The molecule has 1 amide bonds. The number of para-hydroxylation sites is 2. The summed E-state index contributed by atoms with van der Waals surface area (Å²) in [5.41, 5.74) is -0.648. The van der Waals surface area contributed by atoms with E-state index in [4.69, 9.17) is 4.74 Å². The molecule has 0 aliphatic carbocycles. The van der Waals surface area contributed by atoms with Crippen LogP contribution in [0.4, 0.5) is 21.9 Å². The summed E-state index contributed by atoms with van der Waals surface area (Å²) in [4.78, 5) is 32.0. The van der Waals surface area contributed by atoms with Gasteiger partial charge in [0.25, 0.3) is 5.69 Å². The molecule has 0 atom stereocenters. The van der Waals surface area contributed by atoms with Crippen LogP contribution in [0.15, 0.2) is 42.5 Å². The van der Waals surface area contributed by atoms with E-state index in [1.54, 1.807) is 0 Å². The highest BCUT2D eigenvalue weighted by atomic mass is 16.6. The predicted molar refractivity (Wildman–Crippen MR) is 82.3 cm³/mol. The van der Waals surface area contributed by atoms with Gasteiger partial charge in [-0.2, -0.15) is 0 Å². The van der Waals surface area contributed by atoms with Crippen molar-refractivity contribution in [2.24, 2.45) is 0 Å². The van der Waals surface area contributed by atoms with E-state index < -0.39 is 15.9 Å². The third-order valence-electron chi connectivity index (χ3n) is 2.88. The van der Waals surface area contributed by atoms with E-state index in [2.05, 4.69) is 10.1 Å². The maximum Gasteiger partial charge on any atom is 0.411 e. The highest BCUT2D eigenvalue weighted by Crippen LogP contribution is 2.36. The lowest BCUT2D eigenvalue weighted by molar-refractivity contribution is -0.385. The number of hydrogen-bond acceptors (Lipinski definition) is 7. The quantitative estimate of drug-likeness (QED) is 0.653. The topological polar surface area (TPSA) is 134 Å². The minimum atomic E-state index is -0.872. The van der Waals surface area contributed by atoms with Gasteiger partial charge in [0.1, 0.15) is 0 Å². The number of nitro benzene ring substituents is 2. The largest absolute Gasteiger partial charge is 0.453 e. The van der Waals surface area contributed by atoms with Crippen molar-refractivity contribution in [3.63, 3.8) is 0 Å². The maximum absolute atomic E-state index is 11.4. The van der Waals surface area contributed by atoms with Crippen molar-refractivity contribution in [3.8, 4) is 11.5 Å². The van der Waals surface area contributed by atoms with Gasteiger partial charge in [-0.1, -0.05) is 12.1 Å². The smallest absolute Gasteiger partial charge is 0.411 e. The van der Waals surface area contributed by atoms with Gasteiger partial charge in [0, 0.05) is 18.2 Å². The molecule has 124 valence electrons. The van der Waals surface area contributed by atoms with E-state index in [9.17, 15) is 25.0 Å². The molecule has 0 heterocycles. The maximum atomic E-state index is 11.4. The van der Waals surface area contributed by atoms with Gasteiger partial charge in [0.2, 0.25) is 5.75 Å². The van der Waals surface area contributed by atoms with E-state index in [1.165, 1.54) is 30.3 Å². The Morgan fingerprint density at radius 1 is 1.04 bits per heavy atom. The van der Waals surface area contributed by atoms with Gasteiger partial charge in [-0.3, -0.25) is 25.5 Å². The Bertz CT molecular complexity index is 807. The number of non-ortho nitro benzene ring substituents is 1. The number of nitro groups is 2. The molecular weight excluding hydrogens is 322 g/mol. The third kappa shape index (κ3) is 3.74. The number of amides is 1. The number of nitrogens with one attached hydrogen (secondary N) is 1. The molecule has 0 aromatic heterocycles. The van der Waals surface area contributed by atoms with E-state index in [0.29, 0.717) is 0 Å². The number of nitrogens with zero attached hydrogens (tertiary/aromatic N) is 2. The Morgan fingerprint density at radius 3 is 2.38 bits per heavy atom. The first kappa shape index (κ1) is 16.7. The van der Waals surface area contributed by atoms with Crippen LogP contribution in [0.3, 0.4) is 0 Å². The van der Waals surface area contributed by atoms with Crippen LogP contribution in [0, 0.1) is 20.2 Å². The van der Waals surface area contributed by atoms with Crippen molar-refractivity contribution in [1.29, 1.82) is 0 Å². The van der Waals surface area contributed by atoms with Crippen LogP contribution in [-0.4, -0.2) is 23.0 Å². The molecule has 10 nitrogen and oxygen atoms in total. The lowest BCUT2D eigenvalue weighted by Crippen LogP contribution is -2.12. The van der Waals surface area contributed by atoms with Gasteiger partial charge in [0.15, 0.2) is 5.75 Å². The van der Waals surface area contributed by atoms with Gasteiger partial charge < -0.3 is 9.47 Å². The number of hydrogen-bond donors (Lipinski definition) is 1. The average Bonchev–Trinajstić information content (AvgIpc) is 2.56. The average molecular weight is 333 g/mol. The molecule has 0 radical (unpaired) electrons. The number of rotatable bonds is 5. The first-order valence-electron chi connectivity index (χ1n) is 6.47. The zero-order valence-electron chi connectivity index (χ0n) is 12.3. The fraction of sp³-hybridized carbons (Fsp3) is 0.0714. The van der Waals surface area contributed by atoms with Gasteiger partial charge in [-0.15, -0.1) is 0 Å². The predicted octanol–water partition coefficient (Wildman–Crippen LogP) is 3.47. The van der Waals surface area contributed by atoms with Crippen LogP contribution in [-0.2, 0) is 4.74 Å². The molecule has 0 aliphatic heterocycles. The highest BCUT2D eigenvalue weighted by Gasteiger charge is 2.19. The summed E-state index contributed by atoms with van der Waals surface area (Å²) >= 11 is 0. The molecule has 2 aromatic carbocycles. The number of anilines is 1. The summed E-state index contributed by atoms with van der Waals surface area (Å²) in [5, 5.41) is 24.1. The fourth-order valence-electron chi connectivity index (χ4n) is 1.79. The molecule has 10 heteroatoms. The van der Waals surface area contributed by atoms with Crippen molar-refractivity contribution in [2.45, 2.75) is 0 Å². The van der Waals surface area contributed by atoms with E-state index >= 15 is 0 Å². The van der Waals surface area contributed by atoms with Crippen molar-refractivity contribution >= 4 is 23.2 Å². The molecule has 0 saturated carbocycles. The Labute approximate surface area is 134 Å². The van der Waals surface area contributed by atoms with Crippen molar-refractivity contribution < 1.29 is 24.1 Å². The molecule has 1 N–H and O–H groups in total. The highest BCUT2D eigenvalue weighted by molar-refractivity contribution is 5.87. The molecule has 0 saturated heterocycles. The van der Waals surface area contributed by atoms with Crippen LogP contribution >= 0.6 is 0 Å². The zero-order chi connectivity index (χ0) is 17.7. The molecule has 2 rings (SSSR count). The Morgan fingerprint density at radius 2 is 1.75 bits per heavy atom. The van der Waals surface area contributed by atoms with E-state index in [1.807, 2.05) is 0 Å². The Balaban J connectivity index is 2.44. The molecule has 0 aliphatic rings. The summed E-state index contributed by atoms with van der Waals surface area (Å²) in [5.74, 6) is -0.0930. The SMILES string of the molecule is COC(=O)Nc1cc([N+](=O)[O-])ccc1Oc1ccccc1[N+](=O)[O-]. The molecule has 0 fully saturated rings. The van der Waals surface area contributed by atoms with Gasteiger partial charge in [-0.05, 0) is 12.1 Å². The third-order valence-corrected chi connectivity index (χ3v) is 2.88. The molecule has 0 spiro atoms. The molecule has 0 bridgehead atoms. The molecular formula is C14H11N3O7. The second kappa shape index (κ2) is 7.05. The molecule has 0 unspecified atom stereocenters. The second-order valence-corrected chi connectivity index (χ2v) is 4.38. The lowest BCUT2D eigenvalue weighted by Gasteiger charge is -2.11. The minimum Gasteiger partial charge on any atom is -0.453 e. The van der Waals surface area contributed by atoms with Crippen LogP contribution in [0.1, 0.15) is 0 Å². The van der Waals surface area contributed by atoms with Gasteiger partial charge in [-0.25, -0.2) is 4.79 Å². The standard InChI is InChI=1S/C14H11N3O7/c1-23-14(18)15-10-8-9(16(19)20)6-7-12(10)24-13-5-3-2-4-11(13)17(21)22/h2-8H,1H3,(H,15,18). The van der Waals surface area contributed by atoms with E-state index in [0.717, 1.165) is 19.2 Å². The van der Waals surface area contributed by atoms with Crippen LogP contribution in [0.2, 0.25) is 0 Å². The van der Waals surface area contributed by atoms with Crippen LogP contribution in [0.25, 0.3) is 0 Å². The van der Waals surface area contributed by atoms with Crippen LogP contribution < -0.4 is 10.1 Å².